The molecule has 26 heavy (non-hydrogen) atoms. The number of fused-ring (bicyclic) bond motifs is 1. The number of nitrogens with zero attached hydrogens (tertiary/aromatic N) is 1. The molecule has 3 N–H and O–H groups in total. The van der Waals surface area contributed by atoms with Crippen molar-refractivity contribution in [3.05, 3.63) is 64.6 Å². The number of benzene rings is 1. The van der Waals surface area contributed by atoms with Gasteiger partial charge in [-0.3, -0.25) is 14.9 Å². The highest BCUT2D eigenvalue weighted by atomic mass is 16.5. The number of rotatable bonds is 7. The Morgan fingerprint density at radius 1 is 1.38 bits per heavy atom. The van der Waals surface area contributed by atoms with Crippen molar-refractivity contribution < 1.29 is 19.5 Å². The molecule has 1 aromatic carbocycles. The number of hydrogen-bond donors (Lipinski definition) is 3. The van der Waals surface area contributed by atoms with Crippen LogP contribution in [0, 0.1) is 6.92 Å². The van der Waals surface area contributed by atoms with Gasteiger partial charge in [0.05, 0.1) is 13.2 Å². The maximum Gasteiger partial charge on any atom is 0.267 e. The van der Waals surface area contributed by atoms with Crippen LogP contribution >= 0.6 is 0 Å². The molecule has 0 saturated heterocycles. The summed E-state index contributed by atoms with van der Waals surface area (Å²) in [6.07, 6.45) is 4.91. The first-order valence-corrected chi connectivity index (χ1v) is 8.76. The minimum atomic E-state index is -0.550. The van der Waals surface area contributed by atoms with Crippen LogP contribution in [-0.4, -0.2) is 34.3 Å². The fourth-order valence-corrected chi connectivity index (χ4v) is 3.55. The van der Waals surface area contributed by atoms with Gasteiger partial charge in [-0.1, -0.05) is 18.2 Å². The summed E-state index contributed by atoms with van der Waals surface area (Å²) in [7, 11) is 0. The lowest BCUT2D eigenvalue weighted by Crippen LogP contribution is -2.29. The highest BCUT2D eigenvalue weighted by Gasteiger charge is 2.28. The fraction of sp³-hybridized carbons (Fsp3) is 0.350. The lowest BCUT2D eigenvalue weighted by molar-refractivity contribution is -0.124. The molecule has 6 nitrogen and oxygen atoms in total. The molecule has 6 heteroatoms. The van der Waals surface area contributed by atoms with Crippen LogP contribution in [0.4, 0.5) is 0 Å². The van der Waals surface area contributed by atoms with Gasteiger partial charge in [-0.2, -0.15) is 0 Å². The Bertz CT molecular complexity index is 797. The third-order valence-corrected chi connectivity index (χ3v) is 4.73. The van der Waals surface area contributed by atoms with Gasteiger partial charge in [-0.15, -0.1) is 0 Å². The molecule has 1 aliphatic rings. The highest BCUT2D eigenvalue weighted by molar-refractivity contribution is 5.90. The van der Waals surface area contributed by atoms with E-state index in [0.29, 0.717) is 13.1 Å². The molecule has 0 bridgehead atoms. The molecule has 0 saturated carbocycles. The number of hydrogen-bond acceptors (Lipinski definition) is 5. The molecule has 1 amide bonds. The quantitative estimate of drug-likeness (QED) is 0.403. The van der Waals surface area contributed by atoms with Crippen LogP contribution in [0.1, 0.15) is 40.7 Å². The lowest BCUT2D eigenvalue weighted by Gasteiger charge is -2.28. The van der Waals surface area contributed by atoms with Crippen LogP contribution in [0.2, 0.25) is 0 Å². The summed E-state index contributed by atoms with van der Waals surface area (Å²) >= 11 is 0. The van der Waals surface area contributed by atoms with Crippen molar-refractivity contribution in [1.82, 2.24) is 10.4 Å². The molecule has 2 aromatic rings. The van der Waals surface area contributed by atoms with E-state index in [9.17, 15) is 9.90 Å². The van der Waals surface area contributed by atoms with Gasteiger partial charge in [0, 0.05) is 18.7 Å². The van der Waals surface area contributed by atoms with Crippen molar-refractivity contribution >= 4 is 12.0 Å². The zero-order chi connectivity index (χ0) is 18.5. The molecular weight excluding hydrogens is 332 g/mol. The van der Waals surface area contributed by atoms with Crippen LogP contribution < -0.4 is 5.48 Å². The number of carbonyl (C=O) groups excluding carboxylic acids is 1. The Morgan fingerprint density at radius 3 is 2.92 bits per heavy atom. The number of hydroxylamine groups is 1. The maximum atomic E-state index is 11.1. The Hall–Kier alpha value is -2.41. The largest absolute Gasteiger partial charge is 0.465 e. The summed E-state index contributed by atoms with van der Waals surface area (Å²) < 4.78 is 5.70. The van der Waals surface area contributed by atoms with E-state index in [1.165, 1.54) is 17.2 Å². The van der Waals surface area contributed by atoms with Crippen molar-refractivity contribution in [2.75, 3.05) is 13.2 Å². The first kappa shape index (κ1) is 18.4. The highest BCUT2D eigenvalue weighted by Crippen LogP contribution is 2.37. The maximum absolute atomic E-state index is 11.1. The number of aryl methyl sites for hydroxylation is 2. The van der Waals surface area contributed by atoms with E-state index in [4.69, 9.17) is 9.62 Å². The molecule has 0 radical (unpaired) electrons. The standard InChI is InChI=1S/C20H24N2O4/c1-14-2-6-17(26-14)13-22(10-11-23)19-8-5-16-12-15(3-7-18(16)19)4-9-20(24)21-25/h2-4,6-7,9,12,19,23,25H,5,8,10-11,13H2,1H3,(H,21,24). The summed E-state index contributed by atoms with van der Waals surface area (Å²) in [5, 5.41) is 18.0. The van der Waals surface area contributed by atoms with Crippen LogP contribution in [0.5, 0.6) is 0 Å². The van der Waals surface area contributed by atoms with Crippen LogP contribution in [0.3, 0.4) is 0 Å². The summed E-state index contributed by atoms with van der Waals surface area (Å²) in [4.78, 5) is 13.4. The summed E-state index contributed by atoms with van der Waals surface area (Å²) in [5.74, 6) is 1.24. The van der Waals surface area contributed by atoms with Gasteiger partial charge in [-0.05, 0) is 54.7 Å². The average Bonchev–Trinajstić information content (AvgIpc) is 3.24. The van der Waals surface area contributed by atoms with E-state index in [1.54, 1.807) is 11.6 Å². The first-order chi connectivity index (χ1) is 12.6. The summed E-state index contributed by atoms with van der Waals surface area (Å²) in [6, 6.07) is 10.3. The third-order valence-electron chi connectivity index (χ3n) is 4.73. The van der Waals surface area contributed by atoms with Gasteiger partial charge >= 0.3 is 0 Å². The number of furan rings is 1. The minimum Gasteiger partial charge on any atom is -0.465 e. The second kappa shape index (κ2) is 8.31. The van der Waals surface area contributed by atoms with E-state index >= 15 is 0 Å². The molecule has 1 aliphatic carbocycles. The first-order valence-electron chi connectivity index (χ1n) is 8.76. The number of aliphatic hydroxyl groups excluding tert-OH is 1. The van der Waals surface area contributed by atoms with E-state index in [1.807, 2.05) is 25.1 Å². The molecule has 138 valence electrons. The molecule has 3 rings (SSSR count). The molecule has 1 heterocycles. The fourth-order valence-electron chi connectivity index (χ4n) is 3.55. The molecule has 1 aromatic heterocycles. The Balaban J connectivity index is 1.78. The van der Waals surface area contributed by atoms with Gasteiger partial charge in [0.25, 0.3) is 5.91 Å². The van der Waals surface area contributed by atoms with Gasteiger partial charge in [0.15, 0.2) is 0 Å². The number of aliphatic hydroxyl groups is 1. The molecule has 0 spiro atoms. The lowest BCUT2D eigenvalue weighted by atomic mass is 10.0. The number of nitrogens with one attached hydrogen (secondary N) is 1. The smallest absolute Gasteiger partial charge is 0.267 e. The Kier molecular flexibility index (Phi) is 5.88. The molecule has 1 unspecified atom stereocenters. The van der Waals surface area contributed by atoms with Crippen molar-refractivity contribution in [3.8, 4) is 0 Å². The SMILES string of the molecule is Cc1ccc(CN(CCO)C2CCc3cc(C=CC(=O)NO)ccc32)o1. The second-order valence-corrected chi connectivity index (χ2v) is 6.53. The van der Waals surface area contributed by atoms with Crippen molar-refractivity contribution in [2.45, 2.75) is 32.4 Å². The zero-order valence-electron chi connectivity index (χ0n) is 14.8. The molecular formula is C20H24N2O4. The predicted molar refractivity (Wildman–Crippen MR) is 97.4 cm³/mol. The molecule has 0 aliphatic heterocycles. The van der Waals surface area contributed by atoms with Crippen LogP contribution in [0.15, 0.2) is 40.8 Å². The predicted octanol–water partition coefficient (Wildman–Crippen LogP) is 2.59. The van der Waals surface area contributed by atoms with Crippen molar-refractivity contribution in [2.24, 2.45) is 0 Å². The van der Waals surface area contributed by atoms with E-state index in [2.05, 4.69) is 17.0 Å². The summed E-state index contributed by atoms with van der Waals surface area (Å²) in [6.45, 7) is 3.28. The van der Waals surface area contributed by atoms with Crippen molar-refractivity contribution in [1.29, 1.82) is 0 Å². The topological polar surface area (TPSA) is 85.9 Å². The van der Waals surface area contributed by atoms with Crippen LogP contribution in [0.25, 0.3) is 6.08 Å². The van der Waals surface area contributed by atoms with E-state index in [-0.39, 0.29) is 12.6 Å². The second-order valence-electron chi connectivity index (χ2n) is 6.53. The van der Waals surface area contributed by atoms with E-state index in [0.717, 1.165) is 29.9 Å². The van der Waals surface area contributed by atoms with E-state index < -0.39 is 5.91 Å². The number of amides is 1. The normalized spacial score (nSPS) is 16.4. The number of carbonyl (C=O) groups is 1. The molecule has 1 atom stereocenters. The molecule has 0 fully saturated rings. The zero-order valence-corrected chi connectivity index (χ0v) is 14.8. The third kappa shape index (κ3) is 4.22. The van der Waals surface area contributed by atoms with Gasteiger partial charge in [0.2, 0.25) is 0 Å². The Morgan fingerprint density at radius 2 is 2.23 bits per heavy atom. The van der Waals surface area contributed by atoms with Gasteiger partial charge < -0.3 is 9.52 Å². The van der Waals surface area contributed by atoms with Crippen molar-refractivity contribution in [3.63, 3.8) is 0 Å². The Labute approximate surface area is 152 Å². The van der Waals surface area contributed by atoms with Gasteiger partial charge in [0.1, 0.15) is 11.5 Å². The van der Waals surface area contributed by atoms with Crippen LogP contribution in [-0.2, 0) is 17.8 Å². The minimum absolute atomic E-state index is 0.0998. The monoisotopic (exact) mass is 356 g/mol. The van der Waals surface area contributed by atoms with Gasteiger partial charge in [-0.25, -0.2) is 5.48 Å². The summed E-state index contributed by atoms with van der Waals surface area (Å²) in [5.41, 5.74) is 5.01. The average molecular weight is 356 g/mol.